The molecule has 4 rings (SSSR count). The number of morpholine rings is 1. The van der Waals surface area contributed by atoms with E-state index in [1.807, 2.05) is 26.0 Å². The average molecular weight is 531 g/mol. The molecule has 1 fully saturated rings. The van der Waals surface area contributed by atoms with Crippen molar-refractivity contribution in [2.45, 2.75) is 26.9 Å². The zero-order valence-corrected chi connectivity index (χ0v) is 21.4. The van der Waals surface area contributed by atoms with Crippen molar-refractivity contribution in [2.75, 3.05) is 49.7 Å². The number of amides is 1. The summed E-state index contributed by atoms with van der Waals surface area (Å²) in [6.45, 7) is 8.74. The van der Waals surface area contributed by atoms with E-state index in [9.17, 15) is 18.0 Å². The van der Waals surface area contributed by atoms with E-state index in [1.165, 1.54) is 0 Å². The summed E-state index contributed by atoms with van der Waals surface area (Å²) < 4.78 is 56.3. The van der Waals surface area contributed by atoms with Crippen molar-refractivity contribution in [1.29, 1.82) is 0 Å². The third kappa shape index (κ3) is 6.16. The number of nitrogens with one attached hydrogen (secondary N) is 1. The lowest BCUT2D eigenvalue weighted by Gasteiger charge is -2.30. The van der Waals surface area contributed by atoms with Crippen LogP contribution in [0.2, 0.25) is 0 Å². The lowest BCUT2D eigenvalue weighted by Crippen LogP contribution is -2.36. The number of nitrogens with zero attached hydrogens (tertiary/aromatic N) is 3. The first kappa shape index (κ1) is 27.2. The Morgan fingerprint density at radius 1 is 1.05 bits per heavy atom. The molecule has 38 heavy (non-hydrogen) atoms. The van der Waals surface area contributed by atoms with Crippen molar-refractivity contribution in [1.82, 2.24) is 9.97 Å². The summed E-state index contributed by atoms with van der Waals surface area (Å²) in [6.07, 6.45) is -2.08. The van der Waals surface area contributed by atoms with Crippen LogP contribution in [-0.2, 0) is 10.9 Å². The van der Waals surface area contributed by atoms with Crippen molar-refractivity contribution >= 4 is 17.3 Å². The molecule has 0 atom stereocenters. The topological polar surface area (TPSA) is 85.8 Å². The number of ether oxygens (including phenoxy) is 3. The predicted molar refractivity (Wildman–Crippen MR) is 137 cm³/mol. The Morgan fingerprint density at radius 2 is 1.79 bits per heavy atom. The van der Waals surface area contributed by atoms with Gasteiger partial charge in [0.1, 0.15) is 17.1 Å². The number of carbonyl (C=O) groups excluding carboxylic acids is 1. The number of anilines is 2. The lowest BCUT2D eigenvalue weighted by atomic mass is 10.0. The van der Waals surface area contributed by atoms with Crippen LogP contribution in [0.25, 0.3) is 11.1 Å². The third-order valence-corrected chi connectivity index (χ3v) is 5.97. The van der Waals surface area contributed by atoms with Crippen LogP contribution in [0.1, 0.15) is 35.5 Å². The first-order valence-corrected chi connectivity index (χ1v) is 12.3. The molecule has 0 saturated carbocycles. The number of hydrogen-bond donors (Lipinski definition) is 1. The van der Waals surface area contributed by atoms with E-state index in [0.717, 1.165) is 28.6 Å². The average Bonchev–Trinajstić information content (AvgIpc) is 2.90. The molecule has 0 spiro atoms. The van der Waals surface area contributed by atoms with Gasteiger partial charge in [-0.2, -0.15) is 13.2 Å². The smallest absolute Gasteiger partial charge is 0.433 e. The predicted octanol–water partition coefficient (Wildman–Crippen LogP) is 5.36. The zero-order chi connectivity index (χ0) is 27.3. The molecule has 1 aliphatic heterocycles. The number of carbonyl (C=O) groups is 1. The minimum atomic E-state index is -4.70. The second-order valence-electron chi connectivity index (χ2n) is 8.56. The number of alkyl halides is 3. The molecule has 1 aromatic carbocycles. The van der Waals surface area contributed by atoms with Gasteiger partial charge in [0.2, 0.25) is 5.88 Å². The lowest BCUT2D eigenvalue weighted by molar-refractivity contribution is -0.141. The number of benzene rings is 1. The molecule has 11 heteroatoms. The molecule has 1 aliphatic rings. The largest absolute Gasteiger partial charge is 0.491 e. The van der Waals surface area contributed by atoms with E-state index in [0.29, 0.717) is 50.5 Å². The van der Waals surface area contributed by atoms with Gasteiger partial charge in [0.15, 0.2) is 0 Å². The number of pyridine rings is 2. The maximum absolute atomic E-state index is 13.2. The van der Waals surface area contributed by atoms with Gasteiger partial charge in [-0.05, 0) is 56.2 Å². The summed E-state index contributed by atoms with van der Waals surface area (Å²) in [6, 6.07) is 7.96. The van der Waals surface area contributed by atoms with Gasteiger partial charge >= 0.3 is 6.18 Å². The van der Waals surface area contributed by atoms with Gasteiger partial charge < -0.3 is 24.4 Å². The highest BCUT2D eigenvalue weighted by atomic mass is 19.4. The van der Waals surface area contributed by atoms with E-state index >= 15 is 0 Å². The van der Waals surface area contributed by atoms with Gasteiger partial charge in [0, 0.05) is 30.5 Å². The van der Waals surface area contributed by atoms with E-state index in [1.54, 1.807) is 25.3 Å². The Kier molecular flexibility index (Phi) is 8.35. The van der Waals surface area contributed by atoms with Crippen LogP contribution in [0.5, 0.6) is 11.6 Å². The molecule has 3 aromatic rings. The van der Waals surface area contributed by atoms with E-state index < -0.39 is 17.8 Å². The highest BCUT2D eigenvalue weighted by Crippen LogP contribution is 2.35. The van der Waals surface area contributed by atoms with Crippen LogP contribution in [0.15, 0.2) is 42.7 Å². The standard InChI is InChI=1S/C27H29F3N4O4/c1-4-37-23-16-31-24(27(28,29)30)14-21(23)25(35)33-19-7-6-17(3)20(13-19)18-12-22(26(32-15-18)38-5-2)34-8-10-36-11-9-34/h6-7,12-16H,4-5,8-11H2,1-3H3,(H,33,35). The maximum Gasteiger partial charge on any atom is 0.433 e. The molecule has 1 N–H and O–H groups in total. The van der Waals surface area contributed by atoms with Crippen molar-refractivity contribution in [3.8, 4) is 22.8 Å². The first-order chi connectivity index (χ1) is 18.2. The van der Waals surface area contributed by atoms with Gasteiger partial charge in [-0.25, -0.2) is 9.97 Å². The molecule has 0 bridgehead atoms. The Bertz CT molecular complexity index is 1290. The van der Waals surface area contributed by atoms with E-state index in [4.69, 9.17) is 14.2 Å². The Labute approximate surface area is 218 Å². The Balaban J connectivity index is 1.66. The number of aryl methyl sites for hydroxylation is 1. The molecular formula is C27H29F3N4O4. The zero-order valence-electron chi connectivity index (χ0n) is 21.4. The summed E-state index contributed by atoms with van der Waals surface area (Å²) in [7, 11) is 0. The van der Waals surface area contributed by atoms with Crippen molar-refractivity contribution in [3.63, 3.8) is 0 Å². The monoisotopic (exact) mass is 530 g/mol. The van der Waals surface area contributed by atoms with Gasteiger partial charge in [-0.15, -0.1) is 0 Å². The second kappa shape index (κ2) is 11.7. The number of halogens is 3. The quantitative estimate of drug-likeness (QED) is 0.420. The summed E-state index contributed by atoms with van der Waals surface area (Å²) >= 11 is 0. The summed E-state index contributed by atoms with van der Waals surface area (Å²) in [5.41, 5.74) is 2.37. The van der Waals surface area contributed by atoms with Crippen LogP contribution in [0.4, 0.5) is 24.5 Å². The summed E-state index contributed by atoms with van der Waals surface area (Å²) in [5.74, 6) is -0.243. The number of rotatable bonds is 8. The highest BCUT2D eigenvalue weighted by Gasteiger charge is 2.34. The van der Waals surface area contributed by atoms with Crippen LogP contribution < -0.4 is 19.7 Å². The van der Waals surface area contributed by atoms with E-state index in [2.05, 4.69) is 20.2 Å². The van der Waals surface area contributed by atoms with Crippen LogP contribution in [0.3, 0.4) is 0 Å². The van der Waals surface area contributed by atoms with Gasteiger partial charge in [0.05, 0.1) is 38.2 Å². The Hall–Kier alpha value is -3.86. The summed E-state index contributed by atoms with van der Waals surface area (Å²) in [4.78, 5) is 23.2. The van der Waals surface area contributed by atoms with Crippen molar-refractivity contribution in [2.24, 2.45) is 0 Å². The fourth-order valence-corrected chi connectivity index (χ4v) is 4.12. The second-order valence-corrected chi connectivity index (χ2v) is 8.56. The normalized spacial score (nSPS) is 13.8. The fraction of sp³-hybridized carbons (Fsp3) is 0.370. The van der Waals surface area contributed by atoms with Gasteiger partial charge in [-0.3, -0.25) is 4.79 Å². The molecule has 202 valence electrons. The van der Waals surface area contributed by atoms with Crippen LogP contribution >= 0.6 is 0 Å². The molecule has 0 aliphatic carbocycles. The molecule has 3 heterocycles. The first-order valence-electron chi connectivity index (χ1n) is 12.3. The molecule has 1 amide bonds. The van der Waals surface area contributed by atoms with Gasteiger partial charge in [0.25, 0.3) is 5.91 Å². The minimum Gasteiger partial charge on any atom is -0.491 e. The molecule has 2 aromatic heterocycles. The molecule has 1 saturated heterocycles. The Morgan fingerprint density at radius 3 is 2.47 bits per heavy atom. The minimum absolute atomic E-state index is 0.0313. The van der Waals surface area contributed by atoms with Crippen molar-refractivity contribution in [3.05, 3.63) is 59.5 Å². The van der Waals surface area contributed by atoms with Crippen LogP contribution in [-0.4, -0.2) is 55.4 Å². The van der Waals surface area contributed by atoms with Crippen molar-refractivity contribution < 1.29 is 32.2 Å². The number of aromatic nitrogens is 2. The molecule has 0 radical (unpaired) electrons. The highest BCUT2D eigenvalue weighted by molar-refractivity contribution is 6.06. The maximum atomic E-state index is 13.2. The van der Waals surface area contributed by atoms with Crippen LogP contribution in [0, 0.1) is 6.92 Å². The molecular weight excluding hydrogens is 501 g/mol. The molecule has 0 unspecified atom stereocenters. The molecule has 8 nitrogen and oxygen atoms in total. The number of hydrogen-bond acceptors (Lipinski definition) is 7. The SMILES string of the molecule is CCOc1cnc(C(F)(F)F)cc1C(=O)Nc1ccc(C)c(-c2cnc(OCC)c(N3CCOCC3)c2)c1. The van der Waals surface area contributed by atoms with Gasteiger partial charge in [-0.1, -0.05) is 6.07 Å². The fourth-order valence-electron chi connectivity index (χ4n) is 4.12. The van der Waals surface area contributed by atoms with E-state index in [-0.39, 0.29) is 17.9 Å². The third-order valence-electron chi connectivity index (χ3n) is 5.97. The summed E-state index contributed by atoms with van der Waals surface area (Å²) in [5, 5.41) is 2.70.